The SMILES string of the molecule is C[Si](C)(C)C1[C-]=Cc2ccccc21.C[Si](C)(C)C1[C-]=Cc2ccccc21.[CH2]=[Zr]([Cl])[Cl]. The van der Waals surface area contributed by atoms with Crippen LogP contribution in [0.4, 0.5) is 0 Å². The molecule has 2 aliphatic rings. The predicted octanol–water partition coefficient (Wildman–Crippen LogP) is 8.30. The minimum absolute atomic E-state index is 0.601. The molecule has 0 aliphatic heterocycles. The molecule has 0 radical (unpaired) electrons. The van der Waals surface area contributed by atoms with Crippen LogP contribution in [0.5, 0.6) is 0 Å². The molecule has 0 heterocycles. The topological polar surface area (TPSA) is 0 Å². The van der Waals surface area contributed by atoms with Crippen LogP contribution < -0.4 is 0 Å². The van der Waals surface area contributed by atoms with Gasteiger partial charge in [0.1, 0.15) is 0 Å². The molecule has 2 unspecified atom stereocenters. The summed E-state index contributed by atoms with van der Waals surface area (Å²) in [5.41, 5.74) is 6.92. The van der Waals surface area contributed by atoms with Crippen molar-refractivity contribution < 1.29 is 18.9 Å². The van der Waals surface area contributed by atoms with Crippen molar-refractivity contribution in [1.29, 1.82) is 0 Å². The van der Waals surface area contributed by atoms with Gasteiger partial charge >= 0.3 is 40.1 Å². The van der Waals surface area contributed by atoms with Gasteiger partial charge in [-0.3, -0.25) is 12.2 Å². The third kappa shape index (κ3) is 7.38. The molecule has 2 atom stereocenters. The van der Waals surface area contributed by atoms with Crippen molar-refractivity contribution in [3.8, 4) is 0 Å². The fourth-order valence-corrected chi connectivity index (χ4v) is 7.33. The number of allylic oxidation sites excluding steroid dienone is 2. The summed E-state index contributed by atoms with van der Waals surface area (Å²) in [5.74, 6) is 0. The average molecular weight is 551 g/mol. The molecule has 0 saturated heterocycles. The maximum absolute atomic E-state index is 5.13. The summed E-state index contributed by atoms with van der Waals surface area (Å²) in [7, 11) is 8.02. The second-order valence-corrected chi connectivity index (χ2v) is 28.6. The zero-order valence-electron chi connectivity index (χ0n) is 18.9. The van der Waals surface area contributed by atoms with E-state index in [0.29, 0.717) is 11.1 Å². The van der Waals surface area contributed by atoms with Crippen LogP contribution in [0, 0.1) is 12.2 Å². The predicted molar refractivity (Wildman–Crippen MR) is 139 cm³/mol. The van der Waals surface area contributed by atoms with Gasteiger partial charge in [0.25, 0.3) is 0 Å². The van der Waals surface area contributed by atoms with E-state index in [2.05, 4.69) is 116 Å². The number of benzene rings is 2. The zero-order chi connectivity index (χ0) is 22.5. The number of rotatable bonds is 2. The van der Waals surface area contributed by atoms with Gasteiger partial charge in [-0.2, -0.15) is 11.1 Å². The van der Waals surface area contributed by atoms with Crippen LogP contribution in [0.2, 0.25) is 39.3 Å². The van der Waals surface area contributed by atoms with Crippen LogP contribution in [0.25, 0.3) is 12.2 Å². The van der Waals surface area contributed by atoms with Gasteiger partial charge < -0.3 is 0 Å². The Kier molecular flexibility index (Phi) is 9.52. The molecule has 160 valence electrons. The molecule has 2 aromatic rings. The van der Waals surface area contributed by atoms with Crippen LogP contribution in [-0.4, -0.2) is 20.4 Å². The van der Waals surface area contributed by atoms with Crippen molar-refractivity contribution in [1.82, 2.24) is 0 Å². The molecule has 0 amide bonds. The van der Waals surface area contributed by atoms with E-state index >= 15 is 0 Å². The van der Waals surface area contributed by atoms with Gasteiger partial charge in [-0.1, -0.05) is 86.8 Å². The first-order valence-corrected chi connectivity index (χ1v) is 25.5. The van der Waals surface area contributed by atoms with E-state index in [1.54, 1.807) is 0 Å². The number of fused-ring (bicyclic) bond motifs is 2. The molecular formula is C25H32Cl2Si2Zr-2. The molecule has 5 heteroatoms. The van der Waals surface area contributed by atoms with Crippen LogP contribution in [0.1, 0.15) is 33.3 Å². The third-order valence-corrected chi connectivity index (χ3v) is 9.58. The monoisotopic (exact) mass is 548 g/mol. The molecule has 30 heavy (non-hydrogen) atoms. The molecule has 0 fully saturated rings. The van der Waals surface area contributed by atoms with E-state index in [9.17, 15) is 0 Å². The Bertz CT molecular complexity index is 861. The molecule has 2 aromatic carbocycles. The van der Waals surface area contributed by atoms with Gasteiger partial charge in [-0.05, 0) is 0 Å². The molecule has 2 aliphatic carbocycles. The fraction of sp³-hybridized carbons (Fsp3) is 0.320. The number of hydrogen-bond donors (Lipinski definition) is 0. The normalized spacial score (nSPS) is 18.5. The molecule has 0 nitrogen and oxygen atoms in total. The van der Waals surface area contributed by atoms with Crippen molar-refractivity contribution in [2.24, 2.45) is 0 Å². The van der Waals surface area contributed by atoms with E-state index in [0.717, 1.165) is 0 Å². The fourth-order valence-electron chi connectivity index (χ4n) is 3.77. The van der Waals surface area contributed by atoms with E-state index in [1.807, 2.05) is 0 Å². The van der Waals surface area contributed by atoms with E-state index < -0.39 is 35.0 Å². The Labute approximate surface area is 200 Å². The average Bonchev–Trinajstić information content (AvgIpc) is 3.25. The van der Waals surface area contributed by atoms with Crippen molar-refractivity contribution in [2.75, 3.05) is 0 Å². The van der Waals surface area contributed by atoms with Gasteiger partial charge in [0.05, 0.1) is 0 Å². The summed E-state index contributed by atoms with van der Waals surface area (Å²) in [5, 5.41) is 0. The Hall–Kier alpha value is -0.313. The zero-order valence-corrected chi connectivity index (χ0v) is 24.9. The van der Waals surface area contributed by atoms with Crippen molar-refractivity contribution in [2.45, 2.75) is 50.4 Å². The van der Waals surface area contributed by atoms with Gasteiger partial charge in [0, 0.05) is 16.1 Å². The molecule has 0 saturated carbocycles. The maximum atomic E-state index is 5.13. The van der Waals surface area contributed by atoms with Crippen molar-refractivity contribution in [3.63, 3.8) is 0 Å². The van der Waals surface area contributed by atoms with Crippen molar-refractivity contribution in [3.05, 3.63) is 82.9 Å². The Morgan fingerprint density at radius 1 is 0.700 bits per heavy atom. The summed E-state index contributed by atoms with van der Waals surface area (Å²) in [6, 6.07) is 17.3. The van der Waals surface area contributed by atoms with Gasteiger partial charge in [0.15, 0.2) is 0 Å². The van der Waals surface area contributed by atoms with Crippen LogP contribution in [0.3, 0.4) is 0 Å². The number of halogens is 2. The summed E-state index contributed by atoms with van der Waals surface area (Å²) in [6.07, 6.45) is 11.3. The molecule has 4 rings (SSSR count). The Balaban J connectivity index is 0.000000182. The van der Waals surface area contributed by atoms with Crippen LogP contribution in [-0.2, 0) is 18.9 Å². The Morgan fingerprint density at radius 2 is 1.00 bits per heavy atom. The first-order valence-electron chi connectivity index (χ1n) is 10.3. The van der Waals surface area contributed by atoms with Crippen LogP contribution >= 0.6 is 17.0 Å². The third-order valence-electron chi connectivity index (χ3n) is 5.16. The first kappa shape index (κ1) is 25.9. The van der Waals surface area contributed by atoms with Crippen molar-refractivity contribution >= 4 is 49.5 Å². The standard InChI is InChI=1S/2C12H15Si.CH2.2ClH.Zr/c2*1-13(2,3)12-9-8-10-6-4-5-7-11(10)12;;;;/h2*4-8,12H,1-3H3;1H2;2*1H;/q2*-1;;;;+2/p-2. The molecule has 0 bridgehead atoms. The second-order valence-electron chi connectivity index (χ2n) is 9.82. The number of hydrogen-bond acceptors (Lipinski definition) is 0. The van der Waals surface area contributed by atoms with E-state index in [4.69, 9.17) is 17.0 Å². The molecule has 0 N–H and O–H groups in total. The first-order chi connectivity index (χ1) is 13.9. The Morgan fingerprint density at radius 3 is 1.30 bits per heavy atom. The summed E-state index contributed by atoms with van der Waals surface area (Å²) in [6.45, 7) is 14.4. The summed E-state index contributed by atoms with van der Waals surface area (Å²) in [4.78, 5) is 0. The minimum atomic E-state index is -1.85. The summed E-state index contributed by atoms with van der Waals surface area (Å²) < 4.78 is 3.37. The quantitative estimate of drug-likeness (QED) is 0.261. The van der Waals surface area contributed by atoms with E-state index in [-0.39, 0.29) is 0 Å². The summed E-state index contributed by atoms with van der Waals surface area (Å²) >= 11 is -1.85. The molecular weight excluding hydrogens is 519 g/mol. The second kappa shape index (κ2) is 11.0. The van der Waals surface area contributed by atoms with Gasteiger partial charge in [-0.15, -0.1) is 23.3 Å². The van der Waals surface area contributed by atoms with Gasteiger partial charge in [0.2, 0.25) is 0 Å². The van der Waals surface area contributed by atoms with Crippen LogP contribution in [0.15, 0.2) is 48.5 Å². The van der Waals surface area contributed by atoms with E-state index in [1.165, 1.54) is 22.3 Å². The molecule has 0 spiro atoms. The molecule has 0 aromatic heterocycles. The van der Waals surface area contributed by atoms with Gasteiger partial charge in [-0.25, -0.2) is 12.2 Å².